The first-order valence-corrected chi connectivity index (χ1v) is 6.90. The number of rotatable bonds is 4. The van der Waals surface area contributed by atoms with Crippen molar-refractivity contribution in [2.75, 3.05) is 12.4 Å². The van der Waals surface area contributed by atoms with Gasteiger partial charge in [0.25, 0.3) is 5.56 Å². The first-order valence-electron chi connectivity index (χ1n) is 6.90. The van der Waals surface area contributed by atoms with Gasteiger partial charge in [-0.1, -0.05) is 6.07 Å². The molecule has 0 aliphatic carbocycles. The molecule has 0 saturated heterocycles. The lowest BCUT2D eigenvalue weighted by molar-refractivity contribution is 0.186. The largest absolute Gasteiger partial charge is 0.481 e. The molecule has 3 heterocycles. The van der Waals surface area contributed by atoms with E-state index in [1.807, 2.05) is 6.07 Å². The topological polar surface area (TPSA) is 102 Å². The fourth-order valence-electron chi connectivity index (χ4n) is 2.37. The Labute approximate surface area is 131 Å². The smallest absolute Gasteiger partial charge is 0.286 e. The number of hydrogen-bond acceptors (Lipinski definition) is 7. The Kier molecular flexibility index (Phi) is 3.80. The molecule has 0 saturated carbocycles. The van der Waals surface area contributed by atoms with Crippen LogP contribution in [0.2, 0.25) is 0 Å². The Bertz CT molecular complexity index is 923. The zero-order valence-electron chi connectivity index (χ0n) is 12.6. The molecule has 0 aliphatic heterocycles. The minimum atomic E-state index is -0.573. The highest BCUT2D eigenvalue weighted by Crippen LogP contribution is 2.23. The van der Waals surface area contributed by atoms with E-state index < -0.39 is 5.56 Å². The Balaban J connectivity index is 2.04. The van der Waals surface area contributed by atoms with Crippen molar-refractivity contribution < 1.29 is 9.94 Å². The number of nitrogens with zero attached hydrogens (tertiary/aromatic N) is 4. The number of nitrogens with one attached hydrogen (secondary N) is 1. The predicted molar refractivity (Wildman–Crippen MR) is 83.8 cm³/mol. The average Bonchev–Trinajstić information content (AvgIpc) is 2.57. The fourth-order valence-corrected chi connectivity index (χ4v) is 2.37. The van der Waals surface area contributed by atoms with Crippen LogP contribution in [0.5, 0.6) is 5.88 Å². The Morgan fingerprint density at radius 1 is 1.35 bits per heavy atom. The highest BCUT2D eigenvalue weighted by Gasteiger charge is 2.13. The van der Waals surface area contributed by atoms with Crippen molar-refractivity contribution in [2.45, 2.75) is 13.5 Å². The van der Waals surface area contributed by atoms with Gasteiger partial charge in [0, 0.05) is 24.4 Å². The predicted octanol–water partition coefficient (Wildman–Crippen LogP) is 1.35. The maximum Gasteiger partial charge on any atom is 0.286 e. The van der Waals surface area contributed by atoms with Crippen LogP contribution < -0.4 is 15.6 Å². The lowest BCUT2D eigenvalue weighted by atomic mass is 10.2. The van der Waals surface area contributed by atoms with E-state index in [1.54, 1.807) is 26.3 Å². The third-order valence-corrected chi connectivity index (χ3v) is 3.48. The molecule has 0 aliphatic rings. The molecular formula is C15H15N5O3. The molecule has 0 unspecified atom stereocenters. The van der Waals surface area contributed by atoms with Crippen molar-refractivity contribution in [3.8, 4) is 5.88 Å². The molecule has 0 fully saturated rings. The molecule has 0 spiro atoms. The van der Waals surface area contributed by atoms with E-state index in [9.17, 15) is 10.0 Å². The molecule has 118 valence electrons. The van der Waals surface area contributed by atoms with Crippen molar-refractivity contribution in [3.63, 3.8) is 0 Å². The first-order chi connectivity index (χ1) is 11.1. The lowest BCUT2D eigenvalue weighted by Gasteiger charge is -2.13. The van der Waals surface area contributed by atoms with Crippen molar-refractivity contribution in [3.05, 3.63) is 52.3 Å². The number of fused-ring (bicyclic) bond motifs is 1. The summed E-state index contributed by atoms with van der Waals surface area (Å²) in [6, 6.07) is 4.98. The van der Waals surface area contributed by atoms with Gasteiger partial charge in [-0.05, 0) is 13.0 Å². The van der Waals surface area contributed by atoms with Crippen LogP contribution in [0.4, 0.5) is 5.69 Å². The number of anilines is 1. The normalized spacial score (nSPS) is 10.7. The molecule has 8 nitrogen and oxygen atoms in total. The van der Waals surface area contributed by atoms with Crippen molar-refractivity contribution >= 4 is 16.7 Å². The highest BCUT2D eigenvalue weighted by molar-refractivity contribution is 5.90. The van der Waals surface area contributed by atoms with E-state index >= 15 is 0 Å². The van der Waals surface area contributed by atoms with E-state index in [2.05, 4.69) is 20.3 Å². The maximum absolute atomic E-state index is 11.9. The third kappa shape index (κ3) is 2.66. The van der Waals surface area contributed by atoms with Gasteiger partial charge in [0.2, 0.25) is 5.88 Å². The van der Waals surface area contributed by atoms with E-state index in [1.165, 1.54) is 12.4 Å². The number of hydrogen-bond donors (Lipinski definition) is 2. The number of aryl methyl sites for hydroxylation is 1. The van der Waals surface area contributed by atoms with Gasteiger partial charge in [-0.3, -0.25) is 4.79 Å². The molecule has 2 N–H and O–H groups in total. The second kappa shape index (κ2) is 5.91. The summed E-state index contributed by atoms with van der Waals surface area (Å²) < 4.78 is 5.72. The van der Waals surface area contributed by atoms with Crippen LogP contribution in [0.1, 0.15) is 11.3 Å². The van der Waals surface area contributed by atoms with Crippen LogP contribution in [-0.4, -0.2) is 32.0 Å². The summed E-state index contributed by atoms with van der Waals surface area (Å²) in [5, 5.41) is 13.6. The van der Waals surface area contributed by atoms with Gasteiger partial charge in [0.1, 0.15) is 6.33 Å². The molecule has 3 aromatic rings. The molecule has 0 atom stereocenters. The number of pyridine rings is 2. The van der Waals surface area contributed by atoms with Gasteiger partial charge in [-0.25, -0.2) is 15.0 Å². The van der Waals surface area contributed by atoms with Crippen molar-refractivity contribution in [1.29, 1.82) is 0 Å². The Morgan fingerprint density at radius 3 is 2.96 bits per heavy atom. The van der Waals surface area contributed by atoms with Gasteiger partial charge in [-0.2, -0.15) is 0 Å². The summed E-state index contributed by atoms with van der Waals surface area (Å²) in [5.74, 6) is 0.507. The number of methoxy groups -OCH3 is 1. The van der Waals surface area contributed by atoms with Crippen molar-refractivity contribution in [1.82, 2.24) is 19.7 Å². The molecule has 0 radical (unpaired) electrons. The van der Waals surface area contributed by atoms with Crippen LogP contribution >= 0.6 is 0 Å². The molecule has 8 heteroatoms. The summed E-state index contributed by atoms with van der Waals surface area (Å²) >= 11 is 0. The summed E-state index contributed by atoms with van der Waals surface area (Å²) in [4.78, 5) is 24.1. The number of ether oxygens (including phenoxy) is 1. The van der Waals surface area contributed by atoms with Crippen LogP contribution in [0, 0.1) is 6.92 Å². The van der Waals surface area contributed by atoms with Crippen LogP contribution in [0.3, 0.4) is 0 Å². The highest BCUT2D eigenvalue weighted by atomic mass is 16.5. The Morgan fingerprint density at radius 2 is 2.17 bits per heavy atom. The average molecular weight is 313 g/mol. The monoisotopic (exact) mass is 313 g/mol. The summed E-state index contributed by atoms with van der Waals surface area (Å²) in [6.07, 6.45) is 2.94. The lowest BCUT2D eigenvalue weighted by Crippen LogP contribution is -2.20. The van der Waals surface area contributed by atoms with Crippen LogP contribution in [0.15, 0.2) is 35.5 Å². The molecule has 0 amide bonds. The quantitative estimate of drug-likeness (QED) is 0.701. The minimum absolute atomic E-state index is 0.158. The van der Waals surface area contributed by atoms with E-state index in [0.717, 1.165) is 5.56 Å². The zero-order valence-corrected chi connectivity index (χ0v) is 12.6. The van der Waals surface area contributed by atoms with E-state index in [4.69, 9.17) is 4.74 Å². The van der Waals surface area contributed by atoms with Crippen LogP contribution in [0.25, 0.3) is 11.0 Å². The van der Waals surface area contributed by atoms with Gasteiger partial charge in [-0.15, -0.1) is 4.73 Å². The molecule has 23 heavy (non-hydrogen) atoms. The Hall–Kier alpha value is -3.16. The van der Waals surface area contributed by atoms with Gasteiger partial charge >= 0.3 is 0 Å². The van der Waals surface area contributed by atoms with E-state index in [0.29, 0.717) is 33.9 Å². The summed E-state index contributed by atoms with van der Waals surface area (Å²) in [5.41, 5.74) is 1.62. The summed E-state index contributed by atoms with van der Waals surface area (Å²) in [7, 11) is 1.55. The second-order valence-corrected chi connectivity index (χ2v) is 4.89. The zero-order chi connectivity index (χ0) is 16.4. The molecular weight excluding hydrogens is 298 g/mol. The molecule has 3 aromatic heterocycles. The summed E-state index contributed by atoms with van der Waals surface area (Å²) in [6.45, 7) is 2.18. The maximum atomic E-state index is 11.9. The molecule has 0 aromatic carbocycles. The standard InChI is InChI=1S/C15H15N5O3/c1-9-13-11(6-12(21)20(22)14(13)19-8-18-9)17-7-10-4-3-5-16-15(10)23-2/h3-6,8,17,22H,7H2,1-2H3. The SMILES string of the molecule is COc1ncccc1CNc1cc(=O)n(O)c2ncnc(C)c12. The van der Waals surface area contributed by atoms with Gasteiger partial charge in [0.05, 0.1) is 23.9 Å². The third-order valence-electron chi connectivity index (χ3n) is 3.48. The van der Waals surface area contributed by atoms with Gasteiger partial charge in [0.15, 0.2) is 5.65 Å². The molecule has 3 rings (SSSR count). The second-order valence-electron chi connectivity index (χ2n) is 4.89. The fraction of sp³-hybridized carbons (Fsp3) is 0.200. The van der Waals surface area contributed by atoms with Crippen molar-refractivity contribution in [2.24, 2.45) is 0 Å². The minimum Gasteiger partial charge on any atom is -0.481 e. The van der Waals surface area contributed by atoms with Gasteiger partial charge < -0.3 is 15.3 Å². The number of aromatic nitrogens is 4. The molecule has 0 bridgehead atoms. The van der Waals surface area contributed by atoms with Crippen LogP contribution in [-0.2, 0) is 6.54 Å². The first kappa shape index (κ1) is 14.8. The van der Waals surface area contributed by atoms with E-state index in [-0.39, 0.29) is 5.65 Å².